The molecule has 0 atom stereocenters. The van der Waals surface area contributed by atoms with Crippen LogP contribution >= 0.6 is 0 Å². The number of ether oxygens (including phenoxy) is 3. The zero-order chi connectivity index (χ0) is 20.6. The minimum absolute atomic E-state index is 0.149. The van der Waals surface area contributed by atoms with Crippen LogP contribution in [-0.4, -0.2) is 36.7 Å². The minimum atomic E-state index is -0.660. The van der Waals surface area contributed by atoms with E-state index in [2.05, 4.69) is 10.3 Å². The first kappa shape index (κ1) is 20.1. The summed E-state index contributed by atoms with van der Waals surface area (Å²) in [5.41, 5.74) is 1.35. The number of nitrogens with zero attached hydrogens (tertiary/aromatic N) is 1. The van der Waals surface area contributed by atoms with Crippen LogP contribution in [0.5, 0.6) is 11.5 Å². The molecule has 0 aliphatic carbocycles. The summed E-state index contributed by atoms with van der Waals surface area (Å²) in [7, 11) is 0. The van der Waals surface area contributed by atoms with E-state index in [1.807, 2.05) is 32.0 Å². The summed E-state index contributed by atoms with van der Waals surface area (Å²) in [5, 5.41) is 3.59. The van der Waals surface area contributed by atoms with Gasteiger partial charge in [-0.15, -0.1) is 0 Å². The molecule has 2 aromatic carbocycles. The van der Waals surface area contributed by atoms with Crippen LogP contribution in [0, 0.1) is 0 Å². The Kier molecular flexibility index (Phi) is 6.63. The Morgan fingerprint density at radius 2 is 1.69 bits per heavy atom. The Balaban J connectivity index is 1.60. The van der Waals surface area contributed by atoms with Crippen molar-refractivity contribution in [3.8, 4) is 11.5 Å². The number of amides is 1. The molecule has 1 N–H and O–H groups in total. The van der Waals surface area contributed by atoms with Crippen molar-refractivity contribution in [2.45, 2.75) is 13.8 Å². The lowest BCUT2D eigenvalue weighted by Gasteiger charge is -2.13. The van der Waals surface area contributed by atoms with Gasteiger partial charge in [-0.05, 0) is 38.1 Å². The predicted molar refractivity (Wildman–Crippen MR) is 109 cm³/mol. The largest absolute Gasteiger partial charge is 0.490 e. The van der Waals surface area contributed by atoms with E-state index in [0.29, 0.717) is 35.9 Å². The highest BCUT2D eigenvalue weighted by molar-refractivity contribution is 5.96. The van der Waals surface area contributed by atoms with E-state index in [1.165, 1.54) is 0 Å². The predicted octanol–water partition coefficient (Wildman–Crippen LogP) is 3.83. The summed E-state index contributed by atoms with van der Waals surface area (Å²) in [6.45, 7) is 4.29. The second-order valence-corrected chi connectivity index (χ2v) is 6.04. The van der Waals surface area contributed by atoms with E-state index in [4.69, 9.17) is 14.2 Å². The number of carbonyl (C=O) groups excluding carboxylic acids is 2. The number of pyridine rings is 1. The Bertz CT molecular complexity index is 1020. The smallest absolute Gasteiger partial charge is 0.357 e. The number of fused-ring (bicyclic) bond motifs is 1. The number of hydrogen-bond acceptors (Lipinski definition) is 6. The van der Waals surface area contributed by atoms with Crippen molar-refractivity contribution in [2.24, 2.45) is 0 Å². The number of para-hydroxylation sites is 1. The number of benzene rings is 2. The maximum absolute atomic E-state index is 12.2. The molecule has 150 valence electrons. The van der Waals surface area contributed by atoms with Gasteiger partial charge in [0.05, 0.1) is 18.7 Å². The third-order valence-electron chi connectivity index (χ3n) is 3.97. The van der Waals surface area contributed by atoms with Gasteiger partial charge in [-0.25, -0.2) is 9.78 Å². The fourth-order valence-electron chi connectivity index (χ4n) is 2.71. The molecule has 1 amide bonds. The van der Waals surface area contributed by atoms with Crippen LogP contribution in [0.25, 0.3) is 10.9 Å². The first-order chi connectivity index (χ1) is 14.1. The van der Waals surface area contributed by atoms with Gasteiger partial charge in [0.15, 0.2) is 18.1 Å². The molecule has 0 fully saturated rings. The molecule has 3 aromatic rings. The molecule has 29 heavy (non-hydrogen) atoms. The average Bonchev–Trinajstić information content (AvgIpc) is 2.74. The SMILES string of the molecule is CCOc1ccc(NC(=O)COC(=O)c2ccc3ccccc3n2)cc1OCC. The molecule has 0 saturated carbocycles. The Morgan fingerprint density at radius 1 is 0.931 bits per heavy atom. The molecule has 1 heterocycles. The van der Waals surface area contributed by atoms with Crippen LogP contribution in [-0.2, 0) is 9.53 Å². The third kappa shape index (κ3) is 5.22. The lowest BCUT2D eigenvalue weighted by Crippen LogP contribution is -2.21. The van der Waals surface area contributed by atoms with Crippen LogP contribution in [0.3, 0.4) is 0 Å². The standard InChI is InChI=1S/C22H22N2O5/c1-3-27-19-12-10-16(13-20(19)28-4-2)23-21(25)14-29-22(26)18-11-9-15-7-5-6-8-17(15)24-18/h5-13H,3-4,14H2,1-2H3,(H,23,25). The zero-order valence-electron chi connectivity index (χ0n) is 16.3. The van der Waals surface area contributed by atoms with Gasteiger partial charge < -0.3 is 19.5 Å². The van der Waals surface area contributed by atoms with E-state index in [-0.39, 0.29) is 5.69 Å². The van der Waals surface area contributed by atoms with E-state index in [1.54, 1.807) is 36.4 Å². The van der Waals surface area contributed by atoms with Crippen molar-refractivity contribution in [1.82, 2.24) is 4.98 Å². The van der Waals surface area contributed by atoms with Gasteiger partial charge in [0.1, 0.15) is 5.69 Å². The number of hydrogen-bond donors (Lipinski definition) is 1. The highest BCUT2D eigenvalue weighted by Gasteiger charge is 2.13. The van der Waals surface area contributed by atoms with Crippen LogP contribution < -0.4 is 14.8 Å². The molecule has 0 unspecified atom stereocenters. The third-order valence-corrected chi connectivity index (χ3v) is 3.97. The van der Waals surface area contributed by atoms with E-state index < -0.39 is 18.5 Å². The summed E-state index contributed by atoms with van der Waals surface area (Å²) in [6.07, 6.45) is 0. The number of nitrogens with one attached hydrogen (secondary N) is 1. The molecule has 0 saturated heterocycles. The lowest BCUT2D eigenvalue weighted by molar-refractivity contribution is -0.119. The molecule has 0 bridgehead atoms. The second-order valence-electron chi connectivity index (χ2n) is 6.04. The van der Waals surface area contributed by atoms with Gasteiger partial charge in [0, 0.05) is 17.1 Å². The maximum Gasteiger partial charge on any atom is 0.357 e. The average molecular weight is 394 g/mol. The fourth-order valence-corrected chi connectivity index (χ4v) is 2.71. The highest BCUT2D eigenvalue weighted by atomic mass is 16.5. The summed E-state index contributed by atoms with van der Waals surface area (Å²) < 4.78 is 16.1. The van der Waals surface area contributed by atoms with E-state index in [0.717, 1.165) is 5.39 Å². The summed E-state index contributed by atoms with van der Waals surface area (Å²) >= 11 is 0. The van der Waals surface area contributed by atoms with Crippen LogP contribution in [0.4, 0.5) is 5.69 Å². The lowest BCUT2D eigenvalue weighted by atomic mass is 10.2. The van der Waals surface area contributed by atoms with Crippen molar-refractivity contribution in [3.63, 3.8) is 0 Å². The van der Waals surface area contributed by atoms with Crippen LogP contribution in [0.15, 0.2) is 54.6 Å². The monoisotopic (exact) mass is 394 g/mol. The van der Waals surface area contributed by atoms with Gasteiger partial charge >= 0.3 is 5.97 Å². The first-order valence-electron chi connectivity index (χ1n) is 9.33. The van der Waals surface area contributed by atoms with E-state index >= 15 is 0 Å². The van der Waals surface area contributed by atoms with Crippen LogP contribution in [0.2, 0.25) is 0 Å². The maximum atomic E-state index is 12.2. The summed E-state index contributed by atoms with van der Waals surface area (Å²) in [6, 6.07) is 15.9. The molecule has 0 radical (unpaired) electrons. The van der Waals surface area contributed by atoms with Gasteiger partial charge in [-0.2, -0.15) is 0 Å². The van der Waals surface area contributed by atoms with Gasteiger partial charge in [0.25, 0.3) is 5.91 Å². The number of aromatic nitrogens is 1. The molecule has 7 nitrogen and oxygen atoms in total. The summed E-state index contributed by atoms with van der Waals surface area (Å²) in [5.74, 6) is 0.00372. The first-order valence-corrected chi connectivity index (χ1v) is 9.33. The molecule has 0 aliphatic heterocycles. The quantitative estimate of drug-likeness (QED) is 0.585. The van der Waals surface area contributed by atoms with Gasteiger partial charge in [-0.1, -0.05) is 24.3 Å². The van der Waals surface area contributed by atoms with E-state index in [9.17, 15) is 9.59 Å². The molecular formula is C22H22N2O5. The van der Waals surface area contributed by atoms with Crippen molar-refractivity contribution in [1.29, 1.82) is 0 Å². The molecule has 3 rings (SSSR count). The van der Waals surface area contributed by atoms with Crippen molar-refractivity contribution >= 4 is 28.5 Å². The Morgan fingerprint density at radius 3 is 2.48 bits per heavy atom. The van der Waals surface area contributed by atoms with Crippen LogP contribution in [0.1, 0.15) is 24.3 Å². The zero-order valence-corrected chi connectivity index (χ0v) is 16.3. The molecule has 0 spiro atoms. The molecular weight excluding hydrogens is 372 g/mol. The topological polar surface area (TPSA) is 86.8 Å². The highest BCUT2D eigenvalue weighted by Crippen LogP contribution is 2.30. The summed E-state index contributed by atoms with van der Waals surface area (Å²) in [4.78, 5) is 28.6. The van der Waals surface area contributed by atoms with Gasteiger partial charge in [-0.3, -0.25) is 4.79 Å². The molecule has 0 aliphatic rings. The molecule has 1 aromatic heterocycles. The molecule has 7 heteroatoms. The number of esters is 1. The number of carbonyl (C=O) groups is 2. The number of rotatable bonds is 8. The van der Waals surface area contributed by atoms with Crippen molar-refractivity contribution in [3.05, 3.63) is 60.3 Å². The minimum Gasteiger partial charge on any atom is -0.490 e. The Hall–Kier alpha value is -3.61. The fraction of sp³-hybridized carbons (Fsp3) is 0.227. The second kappa shape index (κ2) is 9.54. The van der Waals surface area contributed by atoms with Gasteiger partial charge in [0.2, 0.25) is 0 Å². The van der Waals surface area contributed by atoms with Crippen molar-refractivity contribution < 1.29 is 23.8 Å². The number of anilines is 1. The Labute approximate surface area is 168 Å². The normalized spacial score (nSPS) is 10.4. The van der Waals surface area contributed by atoms with Crippen molar-refractivity contribution in [2.75, 3.05) is 25.1 Å².